The summed E-state index contributed by atoms with van der Waals surface area (Å²) in [5.41, 5.74) is 2.99. The SMILES string of the molecule is CC(C)[C@@H]1C(=O)C[C@@H](c2cccc(F)c2)N[C@H]1c1cccc(F)c1.CC(C)[C@@H]1C(=O)C[C@@H](c2cccc(F)c2)N[C@H]1c1cccc(F)c1. The van der Waals surface area contributed by atoms with Crippen molar-refractivity contribution >= 4 is 11.6 Å². The van der Waals surface area contributed by atoms with Crippen molar-refractivity contribution in [3.05, 3.63) is 143 Å². The molecule has 0 spiro atoms. The lowest BCUT2D eigenvalue weighted by Crippen LogP contribution is -2.44. The van der Waals surface area contributed by atoms with E-state index in [1.807, 2.05) is 52.0 Å². The Hall–Kier alpha value is -4.14. The Labute approximate surface area is 280 Å². The molecular weight excluding hydrogens is 616 g/mol. The van der Waals surface area contributed by atoms with Crippen molar-refractivity contribution in [2.75, 3.05) is 0 Å². The van der Waals surface area contributed by atoms with Crippen LogP contribution in [0.2, 0.25) is 0 Å². The minimum Gasteiger partial charge on any atom is -0.302 e. The van der Waals surface area contributed by atoms with Crippen molar-refractivity contribution in [1.29, 1.82) is 0 Å². The number of halogens is 4. The number of benzene rings is 4. The quantitative estimate of drug-likeness (QED) is 0.203. The van der Waals surface area contributed by atoms with E-state index in [0.717, 1.165) is 22.3 Å². The van der Waals surface area contributed by atoms with Crippen molar-refractivity contribution in [1.82, 2.24) is 10.6 Å². The first-order valence-corrected chi connectivity index (χ1v) is 16.5. The van der Waals surface area contributed by atoms with Gasteiger partial charge in [0.05, 0.1) is 0 Å². The maximum atomic E-state index is 13.7. The maximum Gasteiger partial charge on any atom is 0.140 e. The molecule has 48 heavy (non-hydrogen) atoms. The molecule has 2 heterocycles. The second kappa shape index (κ2) is 15.4. The average molecular weight is 659 g/mol. The Bertz CT molecular complexity index is 1610. The van der Waals surface area contributed by atoms with Crippen LogP contribution in [0.4, 0.5) is 17.6 Å². The van der Waals surface area contributed by atoms with E-state index in [4.69, 9.17) is 0 Å². The topological polar surface area (TPSA) is 58.2 Å². The standard InChI is InChI=1S/2C20H21F2NO/c2*1-12(2)19-18(24)11-17(13-5-3-7-15(21)9-13)23-20(19)14-6-4-8-16(22)10-14/h2*3-10,12,17,19-20,23H,11H2,1-2H3/t2*17-,19+,20-/m00/s1. The van der Waals surface area contributed by atoms with Gasteiger partial charge in [-0.2, -0.15) is 0 Å². The fourth-order valence-electron chi connectivity index (χ4n) is 7.20. The fraction of sp³-hybridized carbons (Fsp3) is 0.350. The largest absolute Gasteiger partial charge is 0.302 e. The van der Waals surface area contributed by atoms with Crippen molar-refractivity contribution < 1.29 is 27.2 Å². The lowest BCUT2D eigenvalue weighted by atomic mass is 9.75. The molecule has 2 N–H and O–H groups in total. The minimum absolute atomic E-state index is 0.131. The summed E-state index contributed by atoms with van der Waals surface area (Å²) in [4.78, 5) is 25.5. The monoisotopic (exact) mass is 658 g/mol. The average Bonchev–Trinajstić information content (AvgIpc) is 3.04. The molecule has 0 saturated carbocycles. The molecule has 2 aliphatic heterocycles. The van der Waals surface area contributed by atoms with Crippen LogP contribution in [0.25, 0.3) is 0 Å². The van der Waals surface area contributed by atoms with Gasteiger partial charge in [0.2, 0.25) is 0 Å². The highest BCUT2D eigenvalue weighted by molar-refractivity contribution is 5.84. The van der Waals surface area contributed by atoms with Crippen LogP contribution in [-0.4, -0.2) is 11.6 Å². The molecule has 0 unspecified atom stereocenters. The van der Waals surface area contributed by atoms with Gasteiger partial charge in [0, 0.05) is 48.8 Å². The molecule has 8 heteroatoms. The normalized spacial score (nSPS) is 24.4. The molecule has 252 valence electrons. The number of hydrogen-bond donors (Lipinski definition) is 2. The zero-order chi connectivity index (χ0) is 34.5. The third-order valence-corrected chi connectivity index (χ3v) is 9.39. The zero-order valence-electron chi connectivity index (χ0n) is 27.6. The molecule has 0 amide bonds. The van der Waals surface area contributed by atoms with Crippen molar-refractivity contribution in [3.8, 4) is 0 Å². The van der Waals surface area contributed by atoms with Gasteiger partial charge in [-0.1, -0.05) is 76.2 Å². The summed E-state index contributed by atoms with van der Waals surface area (Å²) in [6.07, 6.45) is 0.635. The molecule has 0 radical (unpaired) electrons. The number of piperidine rings is 2. The van der Waals surface area contributed by atoms with Gasteiger partial charge in [0.1, 0.15) is 34.8 Å². The van der Waals surface area contributed by atoms with Crippen molar-refractivity contribution in [2.45, 2.75) is 64.7 Å². The minimum atomic E-state index is -0.324. The number of carbonyl (C=O) groups is 2. The fourth-order valence-corrected chi connectivity index (χ4v) is 7.20. The number of rotatable bonds is 6. The molecule has 2 aliphatic rings. The van der Waals surface area contributed by atoms with E-state index < -0.39 is 0 Å². The van der Waals surface area contributed by atoms with Gasteiger partial charge in [-0.05, 0) is 82.6 Å². The number of nitrogens with one attached hydrogen (secondary N) is 2. The van der Waals surface area contributed by atoms with Gasteiger partial charge in [0.25, 0.3) is 0 Å². The van der Waals surface area contributed by atoms with Gasteiger partial charge in [-0.3, -0.25) is 9.59 Å². The third-order valence-electron chi connectivity index (χ3n) is 9.39. The Kier molecular flexibility index (Phi) is 11.3. The molecule has 2 fully saturated rings. The Morgan fingerprint density at radius 3 is 1.08 bits per heavy atom. The van der Waals surface area contributed by atoms with E-state index in [-0.39, 0.29) is 82.7 Å². The highest BCUT2D eigenvalue weighted by atomic mass is 19.1. The van der Waals surface area contributed by atoms with Crippen LogP contribution in [-0.2, 0) is 9.59 Å². The molecule has 6 atom stereocenters. The summed E-state index contributed by atoms with van der Waals surface area (Å²) in [5, 5.41) is 6.90. The number of ketones is 2. The molecule has 0 bridgehead atoms. The predicted molar refractivity (Wildman–Crippen MR) is 179 cm³/mol. The summed E-state index contributed by atoms with van der Waals surface area (Å²) in [7, 11) is 0. The summed E-state index contributed by atoms with van der Waals surface area (Å²) >= 11 is 0. The molecule has 6 rings (SSSR count). The van der Waals surface area contributed by atoms with Gasteiger partial charge in [-0.15, -0.1) is 0 Å². The molecular formula is C40H42F4N2O2. The summed E-state index contributed by atoms with van der Waals surface area (Å²) in [6.45, 7) is 8.00. The summed E-state index contributed by atoms with van der Waals surface area (Å²) < 4.78 is 54.4. The Balaban J connectivity index is 0.000000188. The molecule has 2 saturated heterocycles. The van der Waals surface area contributed by atoms with Crippen LogP contribution in [0.5, 0.6) is 0 Å². The van der Waals surface area contributed by atoms with Gasteiger partial charge in [0.15, 0.2) is 0 Å². The highest BCUT2D eigenvalue weighted by Gasteiger charge is 2.40. The molecule has 4 nitrogen and oxygen atoms in total. The molecule has 4 aromatic carbocycles. The second-order valence-corrected chi connectivity index (χ2v) is 13.5. The van der Waals surface area contributed by atoms with Crippen LogP contribution in [0.3, 0.4) is 0 Å². The van der Waals surface area contributed by atoms with Crippen molar-refractivity contribution in [3.63, 3.8) is 0 Å². The first-order chi connectivity index (χ1) is 22.9. The highest BCUT2D eigenvalue weighted by Crippen LogP contribution is 2.40. The Morgan fingerprint density at radius 1 is 0.500 bits per heavy atom. The molecule has 0 aromatic heterocycles. The van der Waals surface area contributed by atoms with Crippen LogP contribution in [0, 0.1) is 46.9 Å². The summed E-state index contributed by atoms with van der Waals surface area (Å²) in [5.74, 6) is -1.22. The lowest BCUT2D eigenvalue weighted by Gasteiger charge is -2.39. The van der Waals surface area contributed by atoms with E-state index in [2.05, 4.69) is 10.6 Å². The van der Waals surface area contributed by atoms with Crippen LogP contribution in [0.1, 0.15) is 87.0 Å². The van der Waals surface area contributed by atoms with Crippen molar-refractivity contribution in [2.24, 2.45) is 23.7 Å². The van der Waals surface area contributed by atoms with Crippen LogP contribution < -0.4 is 10.6 Å². The Morgan fingerprint density at radius 2 is 0.792 bits per heavy atom. The zero-order valence-corrected chi connectivity index (χ0v) is 27.6. The van der Waals surface area contributed by atoms with E-state index >= 15 is 0 Å². The molecule has 0 aliphatic carbocycles. The number of Topliss-reactive ketones (excluding diaryl/α,β-unsaturated/α-hetero) is 2. The predicted octanol–water partition coefficient (Wildman–Crippen LogP) is 9.16. The number of hydrogen-bond acceptors (Lipinski definition) is 4. The smallest absolute Gasteiger partial charge is 0.140 e. The third kappa shape index (κ3) is 8.28. The molecule has 4 aromatic rings. The van der Waals surface area contributed by atoms with E-state index in [9.17, 15) is 27.2 Å². The summed E-state index contributed by atoms with van der Waals surface area (Å²) in [6, 6.07) is 24.2. The van der Waals surface area contributed by atoms with E-state index in [1.165, 1.54) is 48.5 Å². The van der Waals surface area contributed by atoms with Gasteiger partial charge < -0.3 is 10.6 Å². The lowest BCUT2D eigenvalue weighted by molar-refractivity contribution is -0.129. The van der Waals surface area contributed by atoms with Crippen LogP contribution >= 0.6 is 0 Å². The first kappa shape index (κ1) is 35.2. The van der Waals surface area contributed by atoms with Gasteiger partial charge >= 0.3 is 0 Å². The number of carbonyl (C=O) groups excluding carboxylic acids is 2. The maximum absolute atomic E-state index is 13.7. The van der Waals surface area contributed by atoms with E-state index in [0.29, 0.717) is 12.8 Å². The van der Waals surface area contributed by atoms with Crippen LogP contribution in [0.15, 0.2) is 97.1 Å². The second-order valence-electron chi connectivity index (χ2n) is 13.5. The van der Waals surface area contributed by atoms with Gasteiger partial charge in [-0.25, -0.2) is 17.6 Å². The van der Waals surface area contributed by atoms with E-state index in [1.54, 1.807) is 24.3 Å². The first-order valence-electron chi connectivity index (χ1n) is 16.5.